The zero-order valence-electron chi connectivity index (χ0n) is 8.92. The van der Waals surface area contributed by atoms with Crippen LogP contribution in [0.5, 0.6) is 0 Å². The first-order valence-electron chi connectivity index (χ1n) is 5.38. The molecule has 0 aromatic heterocycles. The van der Waals surface area contributed by atoms with Gasteiger partial charge in [-0.1, -0.05) is 24.3 Å². The lowest BCUT2D eigenvalue weighted by molar-refractivity contribution is 0.0641. The molecule has 2 heteroatoms. The van der Waals surface area contributed by atoms with E-state index in [2.05, 4.69) is 0 Å². The zero-order chi connectivity index (χ0) is 10.9. The summed E-state index contributed by atoms with van der Waals surface area (Å²) in [5.41, 5.74) is 0.708. The van der Waals surface area contributed by atoms with Gasteiger partial charge in [0.15, 0.2) is 5.78 Å². The number of alkyl halides is 1. The van der Waals surface area contributed by atoms with Crippen LogP contribution in [0, 0.1) is 0 Å². The first-order chi connectivity index (χ1) is 7.09. The lowest BCUT2D eigenvalue weighted by Gasteiger charge is -2.33. The Hall–Kier alpha value is -1.18. The average molecular weight is 206 g/mol. The SMILES string of the molecule is CC(=O)c1ccc(CC2(F)CCC2)cc1. The van der Waals surface area contributed by atoms with Crippen molar-refractivity contribution in [1.29, 1.82) is 0 Å². The number of Topliss-reactive ketones (excluding diaryl/α,β-unsaturated/α-hetero) is 1. The van der Waals surface area contributed by atoms with Crippen LogP contribution in [0.15, 0.2) is 24.3 Å². The maximum atomic E-state index is 13.8. The van der Waals surface area contributed by atoms with Gasteiger partial charge >= 0.3 is 0 Å². The van der Waals surface area contributed by atoms with Crippen LogP contribution in [0.2, 0.25) is 0 Å². The normalized spacial score (nSPS) is 18.3. The molecular formula is C13H15FO. The average Bonchev–Trinajstić information content (AvgIpc) is 2.16. The van der Waals surface area contributed by atoms with E-state index in [-0.39, 0.29) is 5.78 Å². The molecule has 1 aliphatic carbocycles. The van der Waals surface area contributed by atoms with Gasteiger partial charge in [0.25, 0.3) is 0 Å². The van der Waals surface area contributed by atoms with Crippen LogP contribution in [0.4, 0.5) is 4.39 Å². The van der Waals surface area contributed by atoms with Crippen molar-refractivity contribution in [3.63, 3.8) is 0 Å². The number of carbonyl (C=O) groups excluding carboxylic acids is 1. The Kier molecular flexibility index (Phi) is 2.59. The van der Waals surface area contributed by atoms with Crippen LogP contribution in [-0.4, -0.2) is 11.5 Å². The van der Waals surface area contributed by atoms with Crippen LogP contribution >= 0.6 is 0 Å². The molecule has 1 fully saturated rings. The molecule has 1 aromatic carbocycles. The third-order valence-electron chi connectivity index (χ3n) is 3.13. The van der Waals surface area contributed by atoms with Crippen LogP contribution in [0.25, 0.3) is 0 Å². The molecule has 80 valence electrons. The molecule has 0 atom stereocenters. The molecule has 1 nitrogen and oxygen atoms in total. The molecule has 0 saturated heterocycles. The summed E-state index contributed by atoms with van der Waals surface area (Å²) in [7, 11) is 0. The predicted octanol–water partition coefficient (Wildman–Crippen LogP) is 3.32. The monoisotopic (exact) mass is 206 g/mol. The molecule has 0 bridgehead atoms. The van der Waals surface area contributed by atoms with Gasteiger partial charge in [0.1, 0.15) is 5.67 Å². The van der Waals surface area contributed by atoms with Crippen molar-refractivity contribution in [3.05, 3.63) is 35.4 Å². The lowest BCUT2D eigenvalue weighted by atomic mass is 9.78. The van der Waals surface area contributed by atoms with Crippen LogP contribution in [0.3, 0.4) is 0 Å². The number of hydrogen-bond donors (Lipinski definition) is 0. The molecule has 1 saturated carbocycles. The highest BCUT2D eigenvalue weighted by atomic mass is 19.1. The van der Waals surface area contributed by atoms with Gasteiger partial charge in [-0.05, 0) is 31.7 Å². The van der Waals surface area contributed by atoms with Gasteiger partial charge in [-0.2, -0.15) is 0 Å². The fourth-order valence-electron chi connectivity index (χ4n) is 1.96. The summed E-state index contributed by atoms with van der Waals surface area (Å²) in [6.45, 7) is 1.54. The number of carbonyl (C=O) groups is 1. The second kappa shape index (κ2) is 3.76. The van der Waals surface area contributed by atoms with Gasteiger partial charge in [0.2, 0.25) is 0 Å². The number of rotatable bonds is 3. The van der Waals surface area contributed by atoms with E-state index in [1.165, 1.54) is 6.92 Å². The summed E-state index contributed by atoms with van der Waals surface area (Å²) in [5, 5.41) is 0. The highest BCUT2D eigenvalue weighted by Gasteiger charge is 2.36. The van der Waals surface area contributed by atoms with E-state index in [0.29, 0.717) is 24.8 Å². The molecular weight excluding hydrogens is 191 g/mol. The third kappa shape index (κ3) is 2.25. The van der Waals surface area contributed by atoms with Crippen molar-refractivity contribution in [2.45, 2.75) is 38.3 Å². The van der Waals surface area contributed by atoms with Crippen molar-refractivity contribution in [2.75, 3.05) is 0 Å². The molecule has 0 unspecified atom stereocenters. The van der Waals surface area contributed by atoms with E-state index in [1.54, 1.807) is 12.1 Å². The molecule has 2 rings (SSSR count). The van der Waals surface area contributed by atoms with Gasteiger partial charge in [-0.15, -0.1) is 0 Å². The first kappa shape index (κ1) is 10.3. The van der Waals surface area contributed by atoms with E-state index < -0.39 is 5.67 Å². The van der Waals surface area contributed by atoms with E-state index in [0.717, 1.165) is 12.0 Å². The van der Waals surface area contributed by atoms with Crippen molar-refractivity contribution in [2.24, 2.45) is 0 Å². The minimum Gasteiger partial charge on any atom is -0.295 e. The molecule has 0 aliphatic heterocycles. The number of halogens is 1. The fourth-order valence-corrected chi connectivity index (χ4v) is 1.96. The third-order valence-corrected chi connectivity index (χ3v) is 3.13. The van der Waals surface area contributed by atoms with Crippen LogP contribution < -0.4 is 0 Å². The summed E-state index contributed by atoms with van der Waals surface area (Å²) in [6, 6.07) is 7.27. The summed E-state index contributed by atoms with van der Waals surface area (Å²) in [4.78, 5) is 11.0. The highest BCUT2D eigenvalue weighted by Crippen LogP contribution is 2.38. The Morgan fingerprint density at radius 1 is 1.33 bits per heavy atom. The van der Waals surface area contributed by atoms with E-state index >= 15 is 0 Å². The van der Waals surface area contributed by atoms with Crippen molar-refractivity contribution < 1.29 is 9.18 Å². The maximum absolute atomic E-state index is 13.8. The lowest BCUT2D eigenvalue weighted by Crippen LogP contribution is -2.34. The maximum Gasteiger partial charge on any atom is 0.159 e. The first-order valence-corrected chi connectivity index (χ1v) is 5.38. The van der Waals surface area contributed by atoms with Gasteiger partial charge in [0.05, 0.1) is 0 Å². The van der Waals surface area contributed by atoms with Crippen molar-refractivity contribution in [3.8, 4) is 0 Å². The molecule has 1 aromatic rings. The Labute approximate surface area is 89.3 Å². The zero-order valence-corrected chi connectivity index (χ0v) is 8.92. The van der Waals surface area contributed by atoms with Crippen LogP contribution in [-0.2, 0) is 6.42 Å². The Morgan fingerprint density at radius 3 is 2.33 bits per heavy atom. The summed E-state index contributed by atoms with van der Waals surface area (Å²) >= 11 is 0. The van der Waals surface area contributed by atoms with E-state index in [9.17, 15) is 9.18 Å². The second-order valence-electron chi connectivity index (χ2n) is 4.43. The Balaban J connectivity index is 2.07. The molecule has 0 heterocycles. The minimum absolute atomic E-state index is 0.0557. The Bertz CT molecular complexity index is 363. The quantitative estimate of drug-likeness (QED) is 0.693. The number of ketones is 1. The standard InChI is InChI=1S/C13H15FO/c1-10(15)12-5-3-11(4-6-12)9-13(14)7-2-8-13/h3-6H,2,7-9H2,1H3. The van der Waals surface area contributed by atoms with Gasteiger partial charge in [0, 0.05) is 12.0 Å². The molecule has 0 N–H and O–H groups in total. The molecule has 0 radical (unpaired) electrons. The topological polar surface area (TPSA) is 17.1 Å². The minimum atomic E-state index is -0.974. The number of hydrogen-bond acceptors (Lipinski definition) is 1. The van der Waals surface area contributed by atoms with Crippen molar-refractivity contribution in [1.82, 2.24) is 0 Å². The second-order valence-corrected chi connectivity index (χ2v) is 4.43. The van der Waals surface area contributed by atoms with Crippen LogP contribution in [0.1, 0.15) is 42.1 Å². The molecule has 1 aliphatic rings. The molecule has 0 spiro atoms. The van der Waals surface area contributed by atoms with Gasteiger partial charge < -0.3 is 0 Å². The summed E-state index contributed by atoms with van der Waals surface area (Å²) < 4.78 is 13.8. The van der Waals surface area contributed by atoms with Crippen molar-refractivity contribution >= 4 is 5.78 Å². The van der Waals surface area contributed by atoms with E-state index in [4.69, 9.17) is 0 Å². The summed E-state index contributed by atoms with van der Waals surface area (Å²) in [5.74, 6) is 0.0557. The smallest absolute Gasteiger partial charge is 0.159 e. The largest absolute Gasteiger partial charge is 0.295 e. The number of benzene rings is 1. The predicted molar refractivity (Wildman–Crippen MR) is 57.8 cm³/mol. The van der Waals surface area contributed by atoms with E-state index in [1.807, 2.05) is 12.1 Å². The van der Waals surface area contributed by atoms with Gasteiger partial charge in [-0.3, -0.25) is 4.79 Å². The molecule has 0 amide bonds. The molecule has 15 heavy (non-hydrogen) atoms. The summed E-state index contributed by atoms with van der Waals surface area (Å²) in [6.07, 6.45) is 2.86. The van der Waals surface area contributed by atoms with Gasteiger partial charge in [-0.25, -0.2) is 4.39 Å². The fraction of sp³-hybridized carbons (Fsp3) is 0.462. The highest BCUT2D eigenvalue weighted by molar-refractivity contribution is 5.93. The Morgan fingerprint density at radius 2 is 1.93 bits per heavy atom.